The van der Waals surface area contributed by atoms with E-state index < -0.39 is 5.97 Å². The average Bonchev–Trinajstić information content (AvgIpc) is 3.19. The third-order valence-electron chi connectivity index (χ3n) is 5.55. The van der Waals surface area contributed by atoms with Crippen molar-refractivity contribution in [2.75, 3.05) is 12.4 Å². The molecule has 3 aromatic rings. The Kier molecular flexibility index (Phi) is 4.66. The standard InChI is InChI=1S/C21H24N4O3/c1-4-14-17(21(27)28-3)11(2)18(23-14)20(26)22-13-8-9-15-16(10-13)25-19(24-15)12-6-5-7-12/h8-10,12,23H,4-7H2,1-3H3,(H,22,26)(H,24,25). The van der Waals surface area contributed by atoms with Crippen LogP contribution in [0.4, 0.5) is 5.69 Å². The molecule has 0 aliphatic heterocycles. The first kappa shape index (κ1) is 18.3. The second-order valence-electron chi connectivity index (χ2n) is 7.26. The smallest absolute Gasteiger partial charge is 0.339 e. The lowest BCUT2D eigenvalue weighted by atomic mass is 9.85. The Morgan fingerprint density at radius 2 is 2.07 bits per heavy atom. The fourth-order valence-corrected chi connectivity index (χ4v) is 3.70. The fraction of sp³-hybridized carbons (Fsp3) is 0.381. The summed E-state index contributed by atoms with van der Waals surface area (Å²) in [5.41, 5.74) is 4.58. The molecule has 0 saturated heterocycles. The maximum atomic E-state index is 12.8. The van der Waals surface area contributed by atoms with Crippen molar-refractivity contribution in [1.82, 2.24) is 15.0 Å². The Balaban J connectivity index is 1.59. The largest absolute Gasteiger partial charge is 0.465 e. The molecule has 0 atom stereocenters. The van der Waals surface area contributed by atoms with E-state index in [2.05, 4.69) is 20.3 Å². The molecule has 28 heavy (non-hydrogen) atoms. The van der Waals surface area contributed by atoms with E-state index in [1.165, 1.54) is 26.4 Å². The summed E-state index contributed by atoms with van der Waals surface area (Å²) in [6, 6.07) is 5.64. The number of carbonyl (C=O) groups excluding carboxylic acids is 2. The van der Waals surface area contributed by atoms with E-state index in [0.29, 0.717) is 40.5 Å². The van der Waals surface area contributed by atoms with Gasteiger partial charge in [-0.2, -0.15) is 0 Å². The molecular weight excluding hydrogens is 356 g/mol. The van der Waals surface area contributed by atoms with Crippen molar-refractivity contribution in [2.24, 2.45) is 0 Å². The average molecular weight is 380 g/mol. The van der Waals surface area contributed by atoms with Gasteiger partial charge in [0.2, 0.25) is 0 Å². The minimum Gasteiger partial charge on any atom is -0.465 e. The minimum atomic E-state index is -0.438. The van der Waals surface area contributed by atoms with E-state index in [0.717, 1.165) is 16.9 Å². The van der Waals surface area contributed by atoms with E-state index in [4.69, 9.17) is 4.74 Å². The van der Waals surface area contributed by atoms with Gasteiger partial charge in [0, 0.05) is 17.3 Å². The Labute approximate surface area is 162 Å². The molecule has 4 rings (SSSR count). The van der Waals surface area contributed by atoms with Gasteiger partial charge in [-0.1, -0.05) is 13.3 Å². The predicted molar refractivity (Wildman–Crippen MR) is 107 cm³/mol. The first-order valence-electron chi connectivity index (χ1n) is 9.62. The molecule has 0 spiro atoms. The number of aryl methyl sites for hydroxylation is 1. The Bertz CT molecular complexity index is 1060. The van der Waals surface area contributed by atoms with Gasteiger partial charge in [-0.25, -0.2) is 9.78 Å². The molecule has 0 unspecified atom stereocenters. The summed E-state index contributed by atoms with van der Waals surface area (Å²) in [4.78, 5) is 36.0. The number of hydrogen-bond acceptors (Lipinski definition) is 4. The van der Waals surface area contributed by atoms with Crippen molar-refractivity contribution < 1.29 is 14.3 Å². The second kappa shape index (κ2) is 7.14. The van der Waals surface area contributed by atoms with Gasteiger partial charge in [0.1, 0.15) is 11.5 Å². The van der Waals surface area contributed by atoms with Gasteiger partial charge in [-0.3, -0.25) is 4.79 Å². The van der Waals surface area contributed by atoms with Crippen LogP contribution in [0, 0.1) is 6.92 Å². The fourth-order valence-electron chi connectivity index (χ4n) is 3.70. The number of anilines is 1. The number of benzene rings is 1. The van der Waals surface area contributed by atoms with Gasteiger partial charge in [-0.05, 0) is 49.9 Å². The lowest BCUT2D eigenvalue weighted by molar-refractivity contribution is 0.0599. The summed E-state index contributed by atoms with van der Waals surface area (Å²) in [6.07, 6.45) is 4.21. The van der Waals surface area contributed by atoms with E-state index in [1.54, 1.807) is 6.92 Å². The number of ether oxygens (including phenoxy) is 1. The molecular formula is C21H24N4O3. The van der Waals surface area contributed by atoms with Crippen molar-refractivity contribution in [3.05, 3.63) is 46.5 Å². The summed E-state index contributed by atoms with van der Waals surface area (Å²) in [7, 11) is 1.34. The van der Waals surface area contributed by atoms with E-state index >= 15 is 0 Å². The van der Waals surface area contributed by atoms with Crippen molar-refractivity contribution in [2.45, 2.75) is 45.4 Å². The number of nitrogens with one attached hydrogen (secondary N) is 3. The second-order valence-corrected chi connectivity index (χ2v) is 7.26. The predicted octanol–water partition coefficient (Wildman–Crippen LogP) is 4.07. The zero-order valence-electron chi connectivity index (χ0n) is 16.3. The Morgan fingerprint density at radius 3 is 2.71 bits per heavy atom. The Morgan fingerprint density at radius 1 is 1.29 bits per heavy atom. The maximum Gasteiger partial charge on any atom is 0.339 e. The molecule has 1 saturated carbocycles. The zero-order valence-corrected chi connectivity index (χ0v) is 16.3. The summed E-state index contributed by atoms with van der Waals surface area (Å²) in [5, 5.41) is 2.91. The van der Waals surface area contributed by atoms with Crippen LogP contribution in [-0.2, 0) is 11.2 Å². The molecule has 1 aliphatic rings. The number of imidazole rings is 1. The first-order chi connectivity index (χ1) is 13.5. The van der Waals surface area contributed by atoms with Gasteiger partial charge in [0.05, 0.1) is 23.7 Å². The number of hydrogen-bond donors (Lipinski definition) is 3. The van der Waals surface area contributed by atoms with Crippen molar-refractivity contribution in [3.8, 4) is 0 Å². The van der Waals surface area contributed by atoms with Crippen molar-refractivity contribution in [3.63, 3.8) is 0 Å². The molecule has 1 aromatic carbocycles. The molecule has 7 heteroatoms. The normalized spacial score (nSPS) is 14.1. The zero-order chi connectivity index (χ0) is 19.8. The minimum absolute atomic E-state index is 0.291. The van der Waals surface area contributed by atoms with Crippen LogP contribution in [0.1, 0.15) is 70.0 Å². The van der Waals surface area contributed by atoms with Gasteiger partial charge < -0.3 is 20.0 Å². The first-order valence-corrected chi connectivity index (χ1v) is 9.62. The van der Waals surface area contributed by atoms with Crippen LogP contribution in [0.5, 0.6) is 0 Å². The third kappa shape index (κ3) is 3.06. The molecule has 0 radical (unpaired) electrons. The molecule has 2 heterocycles. The van der Waals surface area contributed by atoms with E-state index in [9.17, 15) is 9.59 Å². The molecule has 3 N–H and O–H groups in total. The lowest BCUT2D eigenvalue weighted by Gasteiger charge is -2.22. The highest BCUT2D eigenvalue weighted by atomic mass is 16.5. The Hall–Kier alpha value is -3.09. The highest BCUT2D eigenvalue weighted by Crippen LogP contribution is 2.35. The summed E-state index contributed by atoms with van der Waals surface area (Å²) in [6.45, 7) is 3.67. The van der Waals surface area contributed by atoms with Crippen LogP contribution in [0.2, 0.25) is 0 Å². The monoisotopic (exact) mass is 380 g/mol. The number of rotatable bonds is 5. The summed E-state index contributed by atoms with van der Waals surface area (Å²) >= 11 is 0. The number of methoxy groups -OCH3 is 1. The summed E-state index contributed by atoms with van der Waals surface area (Å²) in [5.74, 6) is 0.823. The number of fused-ring (bicyclic) bond motifs is 1. The molecule has 1 amide bonds. The number of esters is 1. The molecule has 1 fully saturated rings. The van der Waals surface area contributed by atoms with Gasteiger partial charge in [-0.15, -0.1) is 0 Å². The van der Waals surface area contributed by atoms with Crippen LogP contribution in [-0.4, -0.2) is 33.9 Å². The van der Waals surface area contributed by atoms with Gasteiger partial charge >= 0.3 is 5.97 Å². The molecule has 146 valence electrons. The van der Waals surface area contributed by atoms with Crippen LogP contribution >= 0.6 is 0 Å². The quantitative estimate of drug-likeness (QED) is 0.581. The highest BCUT2D eigenvalue weighted by Gasteiger charge is 2.24. The SMILES string of the molecule is CCc1[nH]c(C(=O)Nc2ccc3nc(C4CCC4)[nH]c3c2)c(C)c1C(=O)OC. The highest BCUT2D eigenvalue weighted by molar-refractivity contribution is 6.07. The lowest BCUT2D eigenvalue weighted by Crippen LogP contribution is -2.14. The van der Waals surface area contributed by atoms with Gasteiger partial charge in [0.15, 0.2) is 0 Å². The maximum absolute atomic E-state index is 12.8. The van der Waals surface area contributed by atoms with Gasteiger partial charge in [0.25, 0.3) is 5.91 Å². The topological polar surface area (TPSA) is 99.9 Å². The molecule has 0 bridgehead atoms. The number of H-pyrrole nitrogens is 2. The number of aromatic amines is 2. The molecule has 2 aromatic heterocycles. The number of carbonyl (C=O) groups is 2. The van der Waals surface area contributed by atoms with E-state index in [-0.39, 0.29) is 5.91 Å². The number of aromatic nitrogens is 3. The number of amides is 1. The summed E-state index contributed by atoms with van der Waals surface area (Å²) < 4.78 is 4.85. The van der Waals surface area contributed by atoms with E-state index in [1.807, 2.05) is 25.1 Å². The number of nitrogens with zero attached hydrogens (tertiary/aromatic N) is 1. The van der Waals surface area contributed by atoms with Crippen LogP contribution in [0.3, 0.4) is 0 Å². The molecule has 1 aliphatic carbocycles. The van der Waals surface area contributed by atoms with Crippen molar-refractivity contribution in [1.29, 1.82) is 0 Å². The third-order valence-corrected chi connectivity index (χ3v) is 5.55. The van der Waals surface area contributed by atoms with Crippen molar-refractivity contribution >= 4 is 28.6 Å². The van der Waals surface area contributed by atoms with Crippen LogP contribution in [0.15, 0.2) is 18.2 Å². The van der Waals surface area contributed by atoms with Crippen LogP contribution in [0.25, 0.3) is 11.0 Å². The molecule has 7 nitrogen and oxygen atoms in total. The van der Waals surface area contributed by atoms with Crippen LogP contribution < -0.4 is 5.32 Å².